The van der Waals surface area contributed by atoms with Crippen molar-refractivity contribution in [3.63, 3.8) is 0 Å². The number of aromatic nitrogens is 1. The molecule has 1 heterocycles. The molecule has 0 unspecified atom stereocenters. The molecule has 0 amide bonds. The number of hydrogen-bond acceptors (Lipinski definition) is 1. The van der Waals surface area contributed by atoms with Crippen LogP contribution >= 0.6 is 0 Å². The minimum absolute atomic E-state index is 0.208. The van der Waals surface area contributed by atoms with Crippen LogP contribution in [0.25, 0.3) is 0 Å². The number of halogens is 1. The second-order valence-corrected chi connectivity index (χ2v) is 2.49. The largest absolute Gasteiger partial charge is 0.258 e. The Labute approximate surface area is 73.6 Å². The third-order valence-corrected chi connectivity index (χ3v) is 1.17. The van der Waals surface area contributed by atoms with Crippen molar-refractivity contribution in [2.45, 2.75) is 33.6 Å². The lowest BCUT2D eigenvalue weighted by Crippen LogP contribution is -1.89. The number of nitrogens with zero attached hydrogens (tertiary/aromatic N) is 1. The molecule has 1 aromatic rings. The molecule has 0 N–H and O–H groups in total. The first kappa shape index (κ1) is 11.1. The summed E-state index contributed by atoms with van der Waals surface area (Å²) in [5.41, 5.74) is 0.539. The molecule has 0 aliphatic rings. The first-order valence-electron chi connectivity index (χ1n) is 4.35. The van der Waals surface area contributed by atoms with E-state index in [4.69, 9.17) is 0 Å². The molecule has 0 spiro atoms. The van der Waals surface area contributed by atoms with Gasteiger partial charge in [-0.2, -0.15) is 0 Å². The van der Waals surface area contributed by atoms with Crippen LogP contribution in [0.3, 0.4) is 0 Å². The Hall–Kier alpha value is -0.920. The van der Waals surface area contributed by atoms with E-state index in [1.807, 2.05) is 6.92 Å². The quantitative estimate of drug-likeness (QED) is 0.629. The van der Waals surface area contributed by atoms with Crippen LogP contribution in [0.1, 0.15) is 32.9 Å². The van der Waals surface area contributed by atoms with E-state index in [1.54, 1.807) is 12.3 Å². The van der Waals surface area contributed by atoms with E-state index < -0.39 is 0 Å². The van der Waals surface area contributed by atoms with E-state index in [2.05, 4.69) is 18.8 Å². The average Bonchev–Trinajstić information content (AvgIpc) is 2.07. The Balaban J connectivity index is 0.000000354. The second kappa shape index (κ2) is 6.77. The fourth-order valence-electron chi connectivity index (χ4n) is 0.679. The highest BCUT2D eigenvalue weighted by Gasteiger charge is 1.95. The Morgan fingerprint density at radius 3 is 2.25 bits per heavy atom. The summed E-state index contributed by atoms with van der Waals surface area (Å²) in [5.74, 6) is -0.208. The Bertz CT molecular complexity index is 211. The van der Waals surface area contributed by atoms with E-state index in [-0.39, 0.29) is 5.82 Å². The molecule has 1 rings (SSSR count). The summed E-state index contributed by atoms with van der Waals surface area (Å²) in [6, 6.07) is 3.01. The highest BCUT2D eigenvalue weighted by molar-refractivity contribution is 5.06. The van der Waals surface area contributed by atoms with E-state index in [0.29, 0.717) is 12.1 Å². The lowest BCUT2D eigenvalue weighted by molar-refractivity contribution is 0.602. The van der Waals surface area contributed by atoms with Crippen LogP contribution in [-0.2, 0) is 6.42 Å². The summed E-state index contributed by atoms with van der Waals surface area (Å²) in [7, 11) is 0. The molecule has 0 saturated carbocycles. The van der Waals surface area contributed by atoms with E-state index in [9.17, 15) is 4.39 Å². The van der Waals surface area contributed by atoms with Gasteiger partial charge in [-0.05, 0) is 18.6 Å². The SMILES string of the molecule is CCC.CCc1ncccc1F. The molecule has 0 atom stereocenters. The first-order chi connectivity index (χ1) is 5.76. The Morgan fingerprint density at radius 1 is 1.33 bits per heavy atom. The van der Waals surface area contributed by atoms with Crippen LogP contribution in [0.5, 0.6) is 0 Å². The van der Waals surface area contributed by atoms with Crippen molar-refractivity contribution in [3.05, 3.63) is 29.8 Å². The predicted octanol–water partition coefficient (Wildman–Crippen LogP) is 3.20. The standard InChI is InChI=1S/C7H8FN.C3H8/c1-2-7-6(8)4-3-5-9-7;1-3-2/h3-5H,2H2,1H3;3H2,1-2H3. The number of hydrogen-bond donors (Lipinski definition) is 0. The molecular formula is C10H16FN. The van der Waals surface area contributed by atoms with Gasteiger partial charge in [-0.25, -0.2) is 4.39 Å². The summed E-state index contributed by atoms with van der Waals surface area (Å²) < 4.78 is 12.5. The number of pyridine rings is 1. The van der Waals surface area contributed by atoms with Gasteiger partial charge in [-0.1, -0.05) is 27.2 Å². The number of aryl methyl sites for hydroxylation is 1. The van der Waals surface area contributed by atoms with Crippen molar-refractivity contribution < 1.29 is 4.39 Å². The van der Waals surface area contributed by atoms with Crippen LogP contribution in [0.2, 0.25) is 0 Å². The maximum Gasteiger partial charge on any atom is 0.144 e. The van der Waals surface area contributed by atoms with Gasteiger partial charge >= 0.3 is 0 Å². The van der Waals surface area contributed by atoms with Gasteiger partial charge in [0.25, 0.3) is 0 Å². The minimum atomic E-state index is -0.208. The third-order valence-electron chi connectivity index (χ3n) is 1.17. The summed E-state index contributed by atoms with van der Waals surface area (Å²) in [5, 5.41) is 0. The summed E-state index contributed by atoms with van der Waals surface area (Å²) in [6.07, 6.45) is 3.51. The van der Waals surface area contributed by atoms with Gasteiger partial charge < -0.3 is 0 Å². The lowest BCUT2D eigenvalue weighted by Gasteiger charge is -1.93. The summed E-state index contributed by atoms with van der Waals surface area (Å²) in [6.45, 7) is 6.13. The van der Waals surface area contributed by atoms with Gasteiger partial charge in [0.15, 0.2) is 0 Å². The van der Waals surface area contributed by atoms with Crippen molar-refractivity contribution in [1.29, 1.82) is 0 Å². The van der Waals surface area contributed by atoms with E-state index >= 15 is 0 Å². The molecule has 0 aliphatic carbocycles. The van der Waals surface area contributed by atoms with Crippen molar-refractivity contribution >= 4 is 0 Å². The Kier molecular flexibility index (Phi) is 6.25. The van der Waals surface area contributed by atoms with E-state index in [0.717, 1.165) is 0 Å². The molecule has 2 heteroatoms. The molecule has 0 aromatic carbocycles. The van der Waals surface area contributed by atoms with Gasteiger partial charge in [0.2, 0.25) is 0 Å². The van der Waals surface area contributed by atoms with E-state index in [1.165, 1.54) is 12.5 Å². The maximum atomic E-state index is 12.5. The monoisotopic (exact) mass is 169 g/mol. The molecule has 0 aliphatic heterocycles. The average molecular weight is 169 g/mol. The van der Waals surface area contributed by atoms with Gasteiger partial charge in [-0.15, -0.1) is 0 Å². The molecule has 12 heavy (non-hydrogen) atoms. The normalized spacial score (nSPS) is 8.67. The van der Waals surface area contributed by atoms with Gasteiger partial charge in [0.1, 0.15) is 5.82 Å². The molecular weight excluding hydrogens is 153 g/mol. The van der Waals surface area contributed by atoms with Crippen LogP contribution in [0.15, 0.2) is 18.3 Å². The van der Waals surface area contributed by atoms with Crippen molar-refractivity contribution in [3.8, 4) is 0 Å². The third kappa shape index (κ3) is 4.06. The molecule has 68 valence electrons. The van der Waals surface area contributed by atoms with Crippen molar-refractivity contribution in [2.75, 3.05) is 0 Å². The smallest absolute Gasteiger partial charge is 0.144 e. The Morgan fingerprint density at radius 2 is 1.92 bits per heavy atom. The molecule has 0 bridgehead atoms. The van der Waals surface area contributed by atoms with Crippen LogP contribution in [0, 0.1) is 5.82 Å². The lowest BCUT2D eigenvalue weighted by atomic mass is 10.3. The highest BCUT2D eigenvalue weighted by atomic mass is 19.1. The van der Waals surface area contributed by atoms with Crippen molar-refractivity contribution in [1.82, 2.24) is 4.98 Å². The summed E-state index contributed by atoms with van der Waals surface area (Å²) in [4.78, 5) is 3.82. The van der Waals surface area contributed by atoms with Crippen LogP contribution < -0.4 is 0 Å². The van der Waals surface area contributed by atoms with Gasteiger partial charge in [0, 0.05) is 6.20 Å². The molecule has 1 aromatic heterocycles. The molecule has 0 fully saturated rings. The second-order valence-electron chi connectivity index (χ2n) is 2.49. The summed E-state index contributed by atoms with van der Waals surface area (Å²) >= 11 is 0. The first-order valence-corrected chi connectivity index (χ1v) is 4.35. The molecule has 0 radical (unpaired) electrons. The zero-order valence-electron chi connectivity index (χ0n) is 7.97. The van der Waals surface area contributed by atoms with Crippen molar-refractivity contribution in [2.24, 2.45) is 0 Å². The van der Waals surface area contributed by atoms with Gasteiger partial charge in [-0.3, -0.25) is 4.98 Å². The highest BCUT2D eigenvalue weighted by Crippen LogP contribution is 2.01. The molecule has 0 saturated heterocycles. The molecule has 1 nitrogen and oxygen atoms in total. The van der Waals surface area contributed by atoms with Gasteiger partial charge in [0.05, 0.1) is 5.69 Å². The maximum absolute atomic E-state index is 12.5. The predicted molar refractivity (Wildman–Crippen MR) is 49.5 cm³/mol. The van der Waals surface area contributed by atoms with Crippen LogP contribution in [0.4, 0.5) is 4.39 Å². The topological polar surface area (TPSA) is 12.9 Å². The number of rotatable bonds is 1. The fourth-order valence-corrected chi connectivity index (χ4v) is 0.679. The fraction of sp³-hybridized carbons (Fsp3) is 0.500. The zero-order valence-corrected chi connectivity index (χ0v) is 7.97. The minimum Gasteiger partial charge on any atom is -0.258 e. The van der Waals surface area contributed by atoms with Crippen LogP contribution in [-0.4, -0.2) is 4.98 Å². The zero-order chi connectivity index (χ0) is 9.40.